The van der Waals surface area contributed by atoms with Crippen LogP contribution < -0.4 is 11.5 Å². The van der Waals surface area contributed by atoms with Gasteiger partial charge >= 0.3 is 0 Å². The number of nitrogen functional groups attached to an aromatic ring is 1. The Labute approximate surface area is 98.8 Å². The van der Waals surface area contributed by atoms with Gasteiger partial charge in [0.25, 0.3) is 0 Å². The number of benzene rings is 1. The molecular formula is C11H13ClN4. The van der Waals surface area contributed by atoms with E-state index < -0.39 is 0 Å². The molecule has 84 valence electrons. The second-order valence-corrected chi connectivity index (χ2v) is 3.92. The van der Waals surface area contributed by atoms with Crippen LogP contribution in [0, 0.1) is 0 Å². The van der Waals surface area contributed by atoms with Crippen molar-refractivity contribution in [2.24, 2.45) is 5.73 Å². The Morgan fingerprint density at radius 1 is 1.25 bits per heavy atom. The molecule has 1 aromatic carbocycles. The summed E-state index contributed by atoms with van der Waals surface area (Å²) in [4.78, 5) is 0. The topological polar surface area (TPSA) is 69.9 Å². The molecule has 4 nitrogen and oxygen atoms in total. The van der Waals surface area contributed by atoms with Gasteiger partial charge in [0, 0.05) is 10.6 Å². The number of aromatic nitrogens is 2. The van der Waals surface area contributed by atoms with Gasteiger partial charge in [-0.05, 0) is 37.2 Å². The van der Waals surface area contributed by atoms with Crippen LogP contribution in [0.2, 0.25) is 5.02 Å². The van der Waals surface area contributed by atoms with E-state index in [2.05, 4.69) is 5.10 Å². The van der Waals surface area contributed by atoms with Crippen molar-refractivity contribution in [3.05, 3.63) is 41.0 Å². The summed E-state index contributed by atoms with van der Waals surface area (Å²) in [6.45, 7) is 0.566. The maximum Gasteiger partial charge on any atom is 0.130 e. The summed E-state index contributed by atoms with van der Waals surface area (Å²) in [5.41, 5.74) is 13.3. The molecule has 2 rings (SSSR count). The molecule has 0 amide bonds. The first-order valence-corrected chi connectivity index (χ1v) is 5.38. The molecule has 1 aromatic heterocycles. The van der Waals surface area contributed by atoms with Gasteiger partial charge in [0.05, 0.1) is 11.9 Å². The molecule has 1 heterocycles. The Kier molecular flexibility index (Phi) is 3.12. The summed E-state index contributed by atoms with van der Waals surface area (Å²) in [6.07, 6.45) is 2.48. The summed E-state index contributed by atoms with van der Waals surface area (Å²) < 4.78 is 1.68. The Balaban J connectivity index is 2.37. The lowest BCUT2D eigenvalue weighted by atomic mass is 10.2. The van der Waals surface area contributed by atoms with Crippen molar-refractivity contribution >= 4 is 17.4 Å². The third-order valence-corrected chi connectivity index (χ3v) is 2.62. The highest BCUT2D eigenvalue weighted by molar-refractivity contribution is 6.30. The molecule has 0 spiro atoms. The number of halogens is 1. The predicted molar refractivity (Wildman–Crippen MR) is 65.7 cm³/mol. The van der Waals surface area contributed by atoms with E-state index >= 15 is 0 Å². The highest BCUT2D eigenvalue weighted by Crippen LogP contribution is 2.18. The molecule has 0 radical (unpaired) electrons. The highest BCUT2D eigenvalue weighted by Gasteiger charge is 2.07. The zero-order valence-corrected chi connectivity index (χ0v) is 9.48. The van der Waals surface area contributed by atoms with Crippen molar-refractivity contribution in [2.45, 2.75) is 6.42 Å². The molecule has 16 heavy (non-hydrogen) atoms. The van der Waals surface area contributed by atoms with E-state index in [1.165, 1.54) is 0 Å². The SMILES string of the molecule is NCCc1cnn(-c2ccc(Cl)cc2)c1N. The van der Waals surface area contributed by atoms with Crippen LogP contribution in [0.5, 0.6) is 0 Å². The molecule has 0 aliphatic heterocycles. The van der Waals surface area contributed by atoms with E-state index in [4.69, 9.17) is 23.1 Å². The third kappa shape index (κ3) is 2.03. The van der Waals surface area contributed by atoms with E-state index in [0.717, 1.165) is 17.7 Å². The zero-order valence-electron chi connectivity index (χ0n) is 8.73. The van der Waals surface area contributed by atoms with E-state index in [1.807, 2.05) is 12.1 Å². The zero-order chi connectivity index (χ0) is 11.5. The number of hydrogen-bond acceptors (Lipinski definition) is 3. The van der Waals surface area contributed by atoms with Crippen LogP contribution in [0.3, 0.4) is 0 Å². The lowest BCUT2D eigenvalue weighted by molar-refractivity contribution is 0.890. The quantitative estimate of drug-likeness (QED) is 0.851. The largest absolute Gasteiger partial charge is 0.383 e. The lowest BCUT2D eigenvalue weighted by Crippen LogP contribution is -2.06. The van der Waals surface area contributed by atoms with Gasteiger partial charge in [-0.1, -0.05) is 11.6 Å². The van der Waals surface area contributed by atoms with Crippen LogP contribution in [-0.2, 0) is 6.42 Å². The Morgan fingerprint density at radius 2 is 1.94 bits per heavy atom. The highest BCUT2D eigenvalue weighted by atomic mass is 35.5. The predicted octanol–water partition coefficient (Wildman–Crippen LogP) is 1.61. The van der Waals surface area contributed by atoms with E-state index in [9.17, 15) is 0 Å². The maximum absolute atomic E-state index is 5.97. The van der Waals surface area contributed by atoms with Crippen LogP contribution in [0.1, 0.15) is 5.56 Å². The van der Waals surface area contributed by atoms with Gasteiger partial charge in [-0.3, -0.25) is 0 Å². The van der Waals surface area contributed by atoms with Crippen LogP contribution in [0.25, 0.3) is 5.69 Å². The number of hydrogen-bond donors (Lipinski definition) is 2. The fourth-order valence-corrected chi connectivity index (χ4v) is 1.65. The second kappa shape index (κ2) is 4.55. The first-order chi connectivity index (χ1) is 7.72. The van der Waals surface area contributed by atoms with E-state index in [-0.39, 0.29) is 0 Å². The molecule has 0 bridgehead atoms. The standard InChI is InChI=1S/C11H13ClN4/c12-9-1-3-10(4-2-9)16-11(14)8(5-6-13)7-15-16/h1-4,7H,5-6,13-14H2. The number of nitrogens with two attached hydrogens (primary N) is 2. The number of rotatable bonds is 3. The van der Waals surface area contributed by atoms with Crippen LogP contribution in [-0.4, -0.2) is 16.3 Å². The minimum atomic E-state index is 0.566. The average molecular weight is 237 g/mol. The monoisotopic (exact) mass is 236 g/mol. The minimum absolute atomic E-state index is 0.566. The Bertz CT molecular complexity index is 475. The van der Waals surface area contributed by atoms with Gasteiger partial charge < -0.3 is 11.5 Å². The molecule has 0 aliphatic carbocycles. The van der Waals surface area contributed by atoms with Gasteiger partial charge in [-0.2, -0.15) is 5.10 Å². The van der Waals surface area contributed by atoms with Crippen molar-refractivity contribution < 1.29 is 0 Å². The van der Waals surface area contributed by atoms with Gasteiger partial charge in [0.15, 0.2) is 0 Å². The fraction of sp³-hybridized carbons (Fsp3) is 0.182. The maximum atomic E-state index is 5.97. The van der Waals surface area contributed by atoms with Crippen LogP contribution >= 0.6 is 11.6 Å². The molecule has 2 aromatic rings. The van der Waals surface area contributed by atoms with Crippen molar-refractivity contribution in [1.82, 2.24) is 9.78 Å². The van der Waals surface area contributed by atoms with Gasteiger partial charge in [0.2, 0.25) is 0 Å². The Morgan fingerprint density at radius 3 is 2.56 bits per heavy atom. The molecule has 5 heteroatoms. The third-order valence-electron chi connectivity index (χ3n) is 2.37. The van der Waals surface area contributed by atoms with Crippen molar-refractivity contribution in [3.8, 4) is 5.69 Å². The van der Waals surface area contributed by atoms with Crippen molar-refractivity contribution in [1.29, 1.82) is 0 Å². The Hall–Kier alpha value is -1.52. The van der Waals surface area contributed by atoms with Gasteiger partial charge in [-0.15, -0.1) is 0 Å². The normalized spacial score (nSPS) is 10.6. The summed E-state index contributed by atoms with van der Waals surface area (Å²) in [5, 5.41) is 4.92. The smallest absolute Gasteiger partial charge is 0.130 e. The summed E-state index contributed by atoms with van der Waals surface area (Å²) in [5.74, 6) is 0.632. The van der Waals surface area contributed by atoms with Crippen LogP contribution in [0.4, 0.5) is 5.82 Å². The lowest BCUT2D eigenvalue weighted by Gasteiger charge is -2.04. The first-order valence-electron chi connectivity index (χ1n) is 5.00. The second-order valence-electron chi connectivity index (χ2n) is 3.48. The molecule has 0 fully saturated rings. The number of anilines is 1. The molecule has 0 saturated heterocycles. The van der Waals surface area contributed by atoms with Crippen molar-refractivity contribution in [3.63, 3.8) is 0 Å². The molecule has 0 atom stereocenters. The molecular weight excluding hydrogens is 224 g/mol. The van der Waals surface area contributed by atoms with Gasteiger partial charge in [0.1, 0.15) is 5.82 Å². The molecule has 0 saturated carbocycles. The van der Waals surface area contributed by atoms with Crippen molar-refractivity contribution in [2.75, 3.05) is 12.3 Å². The van der Waals surface area contributed by atoms with Crippen LogP contribution in [0.15, 0.2) is 30.5 Å². The molecule has 4 N–H and O–H groups in total. The number of nitrogens with zero attached hydrogens (tertiary/aromatic N) is 2. The van der Waals surface area contributed by atoms with E-state index in [0.29, 0.717) is 17.4 Å². The minimum Gasteiger partial charge on any atom is -0.383 e. The average Bonchev–Trinajstić information content (AvgIpc) is 2.63. The summed E-state index contributed by atoms with van der Waals surface area (Å²) in [7, 11) is 0. The molecule has 0 unspecified atom stereocenters. The van der Waals surface area contributed by atoms with E-state index in [1.54, 1.807) is 23.0 Å². The summed E-state index contributed by atoms with van der Waals surface area (Å²) >= 11 is 5.82. The van der Waals surface area contributed by atoms with Gasteiger partial charge in [-0.25, -0.2) is 4.68 Å². The first kappa shape index (κ1) is 11.0. The molecule has 0 aliphatic rings. The summed E-state index contributed by atoms with van der Waals surface area (Å²) in [6, 6.07) is 7.36. The fourth-order valence-electron chi connectivity index (χ4n) is 1.53.